The van der Waals surface area contributed by atoms with E-state index >= 15 is 0 Å². The van der Waals surface area contributed by atoms with Crippen molar-refractivity contribution < 1.29 is 14.3 Å². The number of hydrogen-bond acceptors (Lipinski definition) is 6. The molecule has 1 atom stereocenters. The maximum atomic E-state index is 12.0. The van der Waals surface area contributed by atoms with E-state index in [1.807, 2.05) is 20.8 Å². The molecule has 2 fully saturated rings. The third-order valence-corrected chi connectivity index (χ3v) is 4.51. The molecule has 1 amide bonds. The molecule has 1 aromatic rings. The van der Waals surface area contributed by atoms with Gasteiger partial charge in [0.05, 0.1) is 19.3 Å². The highest BCUT2D eigenvalue weighted by molar-refractivity contribution is 5.68. The SMILES string of the molecule is Cc1cc(N2CCOCC2)nc(N2CCC(NC(=O)OC(C)(C)C)C2)c1. The highest BCUT2D eigenvalue weighted by Crippen LogP contribution is 2.24. The first-order chi connectivity index (χ1) is 12.3. The Kier molecular flexibility index (Phi) is 5.55. The molecule has 0 bridgehead atoms. The molecule has 2 aliphatic heterocycles. The van der Waals surface area contributed by atoms with E-state index in [4.69, 9.17) is 14.5 Å². The van der Waals surface area contributed by atoms with Gasteiger partial charge in [-0.25, -0.2) is 9.78 Å². The van der Waals surface area contributed by atoms with Crippen molar-refractivity contribution in [1.82, 2.24) is 10.3 Å². The molecule has 0 radical (unpaired) electrons. The number of hydrogen-bond donors (Lipinski definition) is 1. The van der Waals surface area contributed by atoms with Gasteiger partial charge in [0, 0.05) is 26.2 Å². The summed E-state index contributed by atoms with van der Waals surface area (Å²) in [7, 11) is 0. The standard InChI is InChI=1S/C19H30N4O3/c1-14-11-16(22-7-9-25-10-8-22)21-17(12-14)23-6-5-15(13-23)20-18(24)26-19(2,3)4/h11-12,15H,5-10,13H2,1-4H3,(H,20,24). The van der Waals surface area contributed by atoms with E-state index in [9.17, 15) is 4.79 Å². The molecule has 2 aliphatic rings. The van der Waals surface area contributed by atoms with Crippen LogP contribution in [0.4, 0.5) is 16.4 Å². The Morgan fingerprint density at radius 2 is 1.85 bits per heavy atom. The maximum Gasteiger partial charge on any atom is 0.407 e. The van der Waals surface area contributed by atoms with Gasteiger partial charge in [-0.1, -0.05) is 0 Å². The van der Waals surface area contributed by atoms with Crippen LogP contribution in [0.5, 0.6) is 0 Å². The highest BCUT2D eigenvalue weighted by Gasteiger charge is 2.27. The number of ether oxygens (including phenoxy) is 2. The van der Waals surface area contributed by atoms with E-state index in [-0.39, 0.29) is 12.1 Å². The van der Waals surface area contributed by atoms with Crippen LogP contribution < -0.4 is 15.1 Å². The molecule has 26 heavy (non-hydrogen) atoms. The summed E-state index contributed by atoms with van der Waals surface area (Å²) in [6, 6.07) is 4.32. The van der Waals surface area contributed by atoms with E-state index in [0.717, 1.165) is 57.4 Å². The quantitative estimate of drug-likeness (QED) is 0.890. The summed E-state index contributed by atoms with van der Waals surface area (Å²) < 4.78 is 10.8. The van der Waals surface area contributed by atoms with Crippen LogP contribution in [0.25, 0.3) is 0 Å². The minimum Gasteiger partial charge on any atom is -0.444 e. The molecule has 0 aliphatic carbocycles. The van der Waals surface area contributed by atoms with Crippen LogP contribution in [-0.4, -0.2) is 62.1 Å². The molecule has 1 N–H and O–H groups in total. The number of amides is 1. The average molecular weight is 362 g/mol. The second-order valence-electron chi connectivity index (χ2n) is 8.04. The van der Waals surface area contributed by atoms with Crippen molar-refractivity contribution in [1.29, 1.82) is 0 Å². The maximum absolute atomic E-state index is 12.0. The first-order valence-electron chi connectivity index (χ1n) is 9.36. The summed E-state index contributed by atoms with van der Waals surface area (Å²) in [5.41, 5.74) is 0.716. The first kappa shape index (κ1) is 18.8. The zero-order chi connectivity index (χ0) is 18.7. The number of nitrogens with one attached hydrogen (secondary N) is 1. The van der Waals surface area contributed by atoms with E-state index in [1.54, 1.807) is 0 Å². The Labute approximate surface area is 155 Å². The molecule has 3 rings (SSSR count). The fraction of sp³-hybridized carbons (Fsp3) is 0.684. The Morgan fingerprint density at radius 3 is 2.50 bits per heavy atom. The molecule has 7 heteroatoms. The number of nitrogens with zero attached hydrogens (tertiary/aromatic N) is 3. The van der Waals surface area contributed by atoms with Crippen molar-refractivity contribution in [3.63, 3.8) is 0 Å². The number of aryl methyl sites for hydroxylation is 1. The predicted molar refractivity (Wildman–Crippen MR) is 102 cm³/mol. The van der Waals surface area contributed by atoms with Crippen LogP contribution in [0.2, 0.25) is 0 Å². The average Bonchev–Trinajstić information content (AvgIpc) is 3.01. The number of rotatable bonds is 3. The summed E-state index contributed by atoms with van der Waals surface area (Å²) in [4.78, 5) is 21.4. The second-order valence-corrected chi connectivity index (χ2v) is 8.04. The monoisotopic (exact) mass is 362 g/mol. The van der Waals surface area contributed by atoms with E-state index in [0.29, 0.717) is 0 Å². The zero-order valence-corrected chi connectivity index (χ0v) is 16.2. The molecule has 1 unspecified atom stereocenters. The summed E-state index contributed by atoms with van der Waals surface area (Å²) in [5, 5.41) is 2.97. The summed E-state index contributed by atoms with van der Waals surface area (Å²) in [5.74, 6) is 1.98. The van der Waals surface area contributed by atoms with Crippen molar-refractivity contribution >= 4 is 17.7 Å². The number of morpholine rings is 1. The lowest BCUT2D eigenvalue weighted by Crippen LogP contribution is -2.40. The highest BCUT2D eigenvalue weighted by atomic mass is 16.6. The molecule has 1 aromatic heterocycles. The third-order valence-electron chi connectivity index (χ3n) is 4.51. The zero-order valence-electron chi connectivity index (χ0n) is 16.2. The van der Waals surface area contributed by atoms with Crippen LogP contribution in [0, 0.1) is 6.92 Å². The van der Waals surface area contributed by atoms with Gasteiger partial charge in [-0.2, -0.15) is 0 Å². The second kappa shape index (κ2) is 7.70. The predicted octanol–water partition coefficient (Wildman–Crippen LogP) is 2.33. The Hall–Kier alpha value is -2.02. The molecule has 7 nitrogen and oxygen atoms in total. The topological polar surface area (TPSA) is 66.9 Å². The van der Waals surface area contributed by atoms with Gasteiger partial charge < -0.3 is 24.6 Å². The van der Waals surface area contributed by atoms with Gasteiger partial charge in [0.15, 0.2) is 0 Å². The third kappa shape index (κ3) is 5.00. The van der Waals surface area contributed by atoms with Crippen LogP contribution >= 0.6 is 0 Å². The fourth-order valence-electron chi connectivity index (χ4n) is 3.31. The van der Waals surface area contributed by atoms with Gasteiger partial charge in [0.2, 0.25) is 0 Å². The summed E-state index contributed by atoms with van der Waals surface area (Å²) >= 11 is 0. The Balaban J connectivity index is 1.63. The largest absolute Gasteiger partial charge is 0.444 e. The molecular weight excluding hydrogens is 332 g/mol. The van der Waals surface area contributed by atoms with Crippen molar-refractivity contribution in [3.05, 3.63) is 17.7 Å². The van der Waals surface area contributed by atoms with E-state index in [2.05, 4.69) is 34.2 Å². The molecule has 0 saturated carbocycles. The number of alkyl carbamates (subject to hydrolysis) is 1. The van der Waals surface area contributed by atoms with Crippen LogP contribution in [0.15, 0.2) is 12.1 Å². The molecule has 0 aromatic carbocycles. The smallest absolute Gasteiger partial charge is 0.407 e. The number of anilines is 2. The lowest BCUT2D eigenvalue weighted by atomic mass is 10.2. The van der Waals surface area contributed by atoms with Crippen LogP contribution in [0.3, 0.4) is 0 Å². The first-order valence-corrected chi connectivity index (χ1v) is 9.36. The van der Waals surface area contributed by atoms with Crippen molar-refractivity contribution in [3.8, 4) is 0 Å². The Bertz CT molecular complexity index is 638. The van der Waals surface area contributed by atoms with Crippen LogP contribution in [-0.2, 0) is 9.47 Å². The number of carbonyl (C=O) groups excluding carboxylic acids is 1. The number of pyridine rings is 1. The molecule has 3 heterocycles. The van der Waals surface area contributed by atoms with Crippen molar-refractivity contribution in [2.45, 2.75) is 45.8 Å². The van der Waals surface area contributed by atoms with Gasteiger partial charge in [0.25, 0.3) is 0 Å². The van der Waals surface area contributed by atoms with E-state index in [1.165, 1.54) is 5.56 Å². The van der Waals surface area contributed by atoms with Gasteiger partial charge >= 0.3 is 6.09 Å². The lowest BCUT2D eigenvalue weighted by molar-refractivity contribution is 0.0509. The molecular formula is C19H30N4O3. The minimum absolute atomic E-state index is 0.0824. The van der Waals surface area contributed by atoms with Gasteiger partial charge in [-0.3, -0.25) is 0 Å². The summed E-state index contributed by atoms with van der Waals surface area (Å²) in [6.45, 7) is 12.6. The number of aromatic nitrogens is 1. The van der Waals surface area contributed by atoms with Crippen molar-refractivity contribution in [2.24, 2.45) is 0 Å². The summed E-state index contributed by atoms with van der Waals surface area (Å²) in [6.07, 6.45) is 0.539. The molecule has 2 saturated heterocycles. The van der Waals surface area contributed by atoms with Gasteiger partial charge in [0.1, 0.15) is 17.2 Å². The fourth-order valence-corrected chi connectivity index (χ4v) is 3.31. The lowest BCUT2D eigenvalue weighted by Gasteiger charge is -2.29. The van der Waals surface area contributed by atoms with E-state index < -0.39 is 5.60 Å². The van der Waals surface area contributed by atoms with Crippen molar-refractivity contribution in [2.75, 3.05) is 49.2 Å². The number of carbonyl (C=O) groups is 1. The minimum atomic E-state index is -0.479. The normalized spacial score (nSPS) is 21.0. The van der Waals surface area contributed by atoms with Crippen LogP contribution in [0.1, 0.15) is 32.8 Å². The Morgan fingerprint density at radius 1 is 1.19 bits per heavy atom. The van der Waals surface area contributed by atoms with Gasteiger partial charge in [-0.15, -0.1) is 0 Å². The molecule has 0 spiro atoms. The van der Waals surface area contributed by atoms with Gasteiger partial charge in [-0.05, 0) is 51.8 Å². The molecule has 144 valence electrons.